The van der Waals surface area contributed by atoms with Crippen LogP contribution < -0.4 is 11.4 Å². The lowest BCUT2D eigenvalue weighted by atomic mass is 10.1. The SMILES string of the molecule is CC(=O)c1ccc2[nH]c(=O)oc(=O)c2c1. The molecule has 0 aliphatic heterocycles. The van der Waals surface area contributed by atoms with Crippen LogP contribution in [-0.4, -0.2) is 10.8 Å². The Hall–Kier alpha value is -2.17. The second-order valence-electron chi connectivity index (χ2n) is 3.12. The van der Waals surface area contributed by atoms with Crippen LogP contribution in [0.3, 0.4) is 0 Å². The van der Waals surface area contributed by atoms with Crippen molar-refractivity contribution in [3.63, 3.8) is 0 Å². The number of rotatable bonds is 1. The molecule has 5 nitrogen and oxygen atoms in total. The Morgan fingerprint density at radius 2 is 2.07 bits per heavy atom. The summed E-state index contributed by atoms with van der Waals surface area (Å²) in [5.74, 6) is -0.953. The lowest BCUT2D eigenvalue weighted by molar-refractivity contribution is 0.101. The molecule has 1 heterocycles. The minimum absolute atomic E-state index is 0.150. The maximum atomic E-state index is 11.3. The molecule has 0 amide bonds. The van der Waals surface area contributed by atoms with Crippen molar-refractivity contribution in [2.24, 2.45) is 0 Å². The lowest BCUT2D eigenvalue weighted by Crippen LogP contribution is -2.14. The van der Waals surface area contributed by atoms with Gasteiger partial charge in [0.15, 0.2) is 5.78 Å². The van der Waals surface area contributed by atoms with Gasteiger partial charge in [-0.05, 0) is 25.1 Å². The van der Waals surface area contributed by atoms with Crippen LogP contribution in [0.15, 0.2) is 32.2 Å². The Kier molecular flexibility index (Phi) is 2.00. The van der Waals surface area contributed by atoms with Crippen LogP contribution in [-0.2, 0) is 0 Å². The second-order valence-corrected chi connectivity index (χ2v) is 3.12. The Bertz CT molecular complexity index is 650. The average molecular weight is 205 g/mol. The number of Topliss-reactive ketones (excluding diaryl/α,β-unsaturated/α-hetero) is 1. The van der Waals surface area contributed by atoms with E-state index in [1.807, 2.05) is 0 Å². The minimum Gasteiger partial charge on any atom is -0.372 e. The topological polar surface area (TPSA) is 80.1 Å². The van der Waals surface area contributed by atoms with Crippen molar-refractivity contribution in [3.8, 4) is 0 Å². The molecule has 0 aliphatic carbocycles. The number of ketones is 1. The number of aromatic nitrogens is 1. The summed E-state index contributed by atoms with van der Waals surface area (Å²) in [6.45, 7) is 1.40. The van der Waals surface area contributed by atoms with E-state index in [0.29, 0.717) is 11.1 Å². The number of aromatic amines is 1. The number of carbonyl (C=O) groups is 1. The summed E-state index contributed by atoms with van der Waals surface area (Å²) in [5, 5.41) is 0.197. The number of carbonyl (C=O) groups excluding carboxylic acids is 1. The van der Waals surface area contributed by atoms with E-state index < -0.39 is 11.4 Å². The van der Waals surface area contributed by atoms with Crippen LogP contribution in [0.25, 0.3) is 10.9 Å². The number of fused-ring (bicyclic) bond motifs is 1. The molecule has 5 heteroatoms. The Labute approximate surface area is 83.4 Å². The van der Waals surface area contributed by atoms with Crippen LogP contribution in [0.2, 0.25) is 0 Å². The fourth-order valence-electron chi connectivity index (χ4n) is 1.32. The molecule has 0 fully saturated rings. The van der Waals surface area contributed by atoms with Crippen LogP contribution in [0, 0.1) is 0 Å². The van der Waals surface area contributed by atoms with Crippen molar-refractivity contribution < 1.29 is 9.21 Å². The van der Waals surface area contributed by atoms with Gasteiger partial charge in [0.1, 0.15) is 0 Å². The minimum atomic E-state index is -0.803. The van der Waals surface area contributed by atoms with Gasteiger partial charge in [0, 0.05) is 5.56 Å². The predicted octanol–water partition coefficient (Wildman–Crippen LogP) is 0.684. The predicted molar refractivity (Wildman–Crippen MR) is 53.1 cm³/mol. The third kappa shape index (κ3) is 1.59. The molecule has 2 aromatic rings. The van der Waals surface area contributed by atoms with E-state index in [1.165, 1.54) is 19.1 Å². The molecule has 0 atom stereocenters. The van der Waals surface area contributed by atoms with Crippen LogP contribution >= 0.6 is 0 Å². The van der Waals surface area contributed by atoms with Gasteiger partial charge in [-0.1, -0.05) is 0 Å². The number of hydrogen-bond acceptors (Lipinski definition) is 4. The Morgan fingerprint density at radius 3 is 2.73 bits per heavy atom. The lowest BCUT2D eigenvalue weighted by Gasteiger charge is -1.97. The highest BCUT2D eigenvalue weighted by Gasteiger charge is 2.05. The molecule has 0 saturated carbocycles. The fourth-order valence-corrected chi connectivity index (χ4v) is 1.32. The van der Waals surface area contributed by atoms with Crippen molar-refractivity contribution in [3.05, 3.63) is 44.7 Å². The van der Waals surface area contributed by atoms with Crippen LogP contribution in [0.5, 0.6) is 0 Å². The van der Waals surface area contributed by atoms with Gasteiger partial charge in [0.25, 0.3) is 0 Å². The van der Waals surface area contributed by atoms with E-state index in [0.717, 1.165) is 0 Å². The Balaban J connectivity index is 2.89. The zero-order chi connectivity index (χ0) is 11.0. The third-order valence-electron chi connectivity index (χ3n) is 2.07. The first-order valence-electron chi connectivity index (χ1n) is 4.26. The molecule has 1 aromatic heterocycles. The van der Waals surface area contributed by atoms with Crippen molar-refractivity contribution in [2.45, 2.75) is 6.92 Å². The van der Waals surface area contributed by atoms with Crippen molar-refractivity contribution in [2.75, 3.05) is 0 Å². The zero-order valence-electron chi connectivity index (χ0n) is 7.87. The number of hydrogen-bond donors (Lipinski definition) is 1. The van der Waals surface area contributed by atoms with Gasteiger partial charge in [-0.15, -0.1) is 0 Å². The van der Waals surface area contributed by atoms with E-state index in [4.69, 9.17) is 0 Å². The summed E-state index contributed by atoms with van der Waals surface area (Å²) in [6, 6.07) is 4.45. The highest BCUT2D eigenvalue weighted by Crippen LogP contribution is 2.09. The van der Waals surface area contributed by atoms with E-state index in [2.05, 4.69) is 9.40 Å². The first kappa shape index (κ1) is 9.39. The molecule has 15 heavy (non-hydrogen) atoms. The summed E-state index contributed by atoms with van der Waals surface area (Å²) in [7, 11) is 0. The maximum absolute atomic E-state index is 11.3. The molecular weight excluding hydrogens is 198 g/mol. The molecule has 2 rings (SSSR count). The van der Waals surface area contributed by atoms with Gasteiger partial charge in [-0.3, -0.25) is 9.78 Å². The van der Waals surface area contributed by atoms with Gasteiger partial charge in [-0.2, -0.15) is 0 Å². The van der Waals surface area contributed by atoms with Gasteiger partial charge in [0.2, 0.25) is 0 Å². The first-order valence-corrected chi connectivity index (χ1v) is 4.26. The number of H-pyrrole nitrogens is 1. The molecule has 1 N–H and O–H groups in total. The standard InChI is InChI=1S/C10H7NO4/c1-5(12)6-2-3-8-7(4-6)9(13)15-10(14)11-8/h2-4H,1H3,(H,11,14). The van der Waals surface area contributed by atoms with E-state index in [9.17, 15) is 14.4 Å². The summed E-state index contributed by atoms with van der Waals surface area (Å²) in [5.41, 5.74) is 0.0277. The molecular formula is C10H7NO4. The van der Waals surface area contributed by atoms with Gasteiger partial charge < -0.3 is 4.42 Å². The summed E-state index contributed by atoms with van der Waals surface area (Å²) >= 11 is 0. The fraction of sp³-hybridized carbons (Fsp3) is 0.100. The number of nitrogens with one attached hydrogen (secondary N) is 1. The van der Waals surface area contributed by atoms with Crippen molar-refractivity contribution >= 4 is 16.7 Å². The second kappa shape index (κ2) is 3.20. The average Bonchev–Trinajstić information content (AvgIpc) is 2.16. The quantitative estimate of drug-likeness (QED) is 0.694. The molecule has 0 spiro atoms. The van der Waals surface area contributed by atoms with Gasteiger partial charge in [-0.25, -0.2) is 9.59 Å². The van der Waals surface area contributed by atoms with Gasteiger partial charge in [0.05, 0.1) is 10.9 Å². The Morgan fingerprint density at radius 1 is 1.33 bits per heavy atom. The van der Waals surface area contributed by atoms with Gasteiger partial charge >= 0.3 is 11.4 Å². The van der Waals surface area contributed by atoms with E-state index in [-0.39, 0.29) is 11.2 Å². The maximum Gasteiger partial charge on any atom is 0.419 e. The monoisotopic (exact) mass is 205 g/mol. The molecule has 0 radical (unpaired) electrons. The summed E-state index contributed by atoms with van der Waals surface area (Å²) < 4.78 is 4.35. The van der Waals surface area contributed by atoms with E-state index in [1.54, 1.807) is 6.07 Å². The van der Waals surface area contributed by atoms with Crippen LogP contribution in [0.4, 0.5) is 0 Å². The zero-order valence-corrected chi connectivity index (χ0v) is 7.87. The van der Waals surface area contributed by atoms with E-state index >= 15 is 0 Å². The summed E-state index contributed by atoms with van der Waals surface area (Å²) in [4.78, 5) is 35.5. The first-order chi connectivity index (χ1) is 7.08. The van der Waals surface area contributed by atoms with Crippen molar-refractivity contribution in [1.82, 2.24) is 4.98 Å². The van der Waals surface area contributed by atoms with Crippen LogP contribution in [0.1, 0.15) is 17.3 Å². The summed E-state index contributed by atoms with van der Waals surface area (Å²) in [6.07, 6.45) is 0. The molecule has 0 unspecified atom stereocenters. The van der Waals surface area contributed by atoms with Crippen molar-refractivity contribution in [1.29, 1.82) is 0 Å². The largest absolute Gasteiger partial charge is 0.419 e. The molecule has 76 valence electrons. The molecule has 1 aromatic carbocycles. The molecule has 0 bridgehead atoms. The number of benzene rings is 1. The smallest absolute Gasteiger partial charge is 0.372 e. The molecule has 0 saturated heterocycles. The third-order valence-corrected chi connectivity index (χ3v) is 2.07. The normalized spacial score (nSPS) is 10.5. The highest BCUT2D eigenvalue weighted by atomic mass is 16.4. The molecule has 0 aliphatic rings. The highest BCUT2D eigenvalue weighted by molar-refractivity contribution is 5.97.